The van der Waals surface area contributed by atoms with Gasteiger partial charge in [0, 0.05) is 31.7 Å². The summed E-state index contributed by atoms with van der Waals surface area (Å²) in [5.74, 6) is 0.912. The summed E-state index contributed by atoms with van der Waals surface area (Å²) in [7, 11) is 3.38. The van der Waals surface area contributed by atoms with Gasteiger partial charge in [-0.15, -0.1) is 0 Å². The van der Waals surface area contributed by atoms with Crippen molar-refractivity contribution in [2.24, 2.45) is 10.7 Å². The summed E-state index contributed by atoms with van der Waals surface area (Å²) < 4.78 is 19.2. The van der Waals surface area contributed by atoms with Crippen LogP contribution in [0.1, 0.15) is 24.5 Å². The predicted octanol–water partition coefficient (Wildman–Crippen LogP) is 4.68. The van der Waals surface area contributed by atoms with Crippen LogP contribution in [0, 0.1) is 5.82 Å². The molecule has 1 saturated heterocycles. The number of nitrogens with zero attached hydrogens (tertiary/aromatic N) is 4. The molecule has 8 heteroatoms. The van der Waals surface area contributed by atoms with Crippen molar-refractivity contribution in [3.8, 4) is 5.75 Å². The molecule has 0 spiro atoms. The van der Waals surface area contributed by atoms with Crippen molar-refractivity contribution < 1.29 is 13.9 Å². The SMILES string of the molecule is C=CN(/C=C(/C)N)c1ccc(/C=C/C2=NCC3(c4ccc(F)cc4)CCN(C)C(=O)N23)cc1OC. The summed E-state index contributed by atoms with van der Waals surface area (Å²) in [6.45, 7) is 6.68. The van der Waals surface area contributed by atoms with E-state index in [1.54, 1.807) is 60.3 Å². The number of fused-ring (bicyclic) bond motifs is 1. The van der Waals surface area contributed by atoms with Crippen LogP contribution < -0.4 is 15.4 Å². The van der Waals surface area contributed by atoms with E-state index in [1.807, 2.05) is 30.4 Å². The van der Waals surface area contributed by atoms with Crippen molar-refractivity contribution in [1.29, 1.82) is 0 Å². The number of ether oxygens (including phenoxy) is 1. The number of hydrogen-bond donors (Lipinski definition) is 1. The van der Waals surface area contributed by atoms with Gasteiger partial charge in [-0.3, -0.25) is 9.89 Å². The zero-order chi connectivity index (χ0) is 25.2. The molecule has 0 saturated carbocycles. The van der Waals surface area contributed by atoms with Gasteiger partial charge in [-0.25, -0.2) is 9.18 Å². The lowest BCUT2D eigenvalue weighted by Gasteiger charge is -2.45. The molecule has 4 rings (SSSR count). The zero-order valence-corrected chi connectivity index (χ0v) is 20.2. The van der Waals surface area contributed by atoms with E-state index in [9.17, 15) is 9.18 Å². The summed E-state index contributed by atoms with van der Waals surface area (Å²) in [6.07, 6.45) is 7.86. The number of nitrogens with two attached hydrogens (primary N) is 1. The van der Waals surface area contributed by atoms with E-state index in [-0.39, 0.29) is 11.8 Å². The largest absolute Gasteiger partial charge is 0.495 e. The van der Waals surface area contributed by atoms with E-state index in [0.29, 0.717) is 36.8 Å². The maximum atomic E-state index is 13.6. The lowest BCUT2D eigenvalue weighted by atomic mass is 9.84. The van der Waals surface area contributed by atoms with Crippen LogP contribution >= 0.6 is 0 Å². The predicted molar refractivity (Wildman–Crippen MR) is 138 cm³/mol. The molecule has 2 aromatic rings. The zero-order valence-electron chi connectivity index (χ0n) is 20.2. The second-order valence-electron chi connectivity index (χ2n) is 8.73. The monoisotopic (exact) mass is 475 g/mol. The Balaban J connectivity index is 1.65. The highest BCUT2D eigenvalue weighted by molar-refractivity contribution is 6.08. The molecule has 2 heterocycles. The Morgan fingerprint density at radius 2 is 2.00 bits per heavy atom. The van der Waals surface area contributed by atoms with Crippen LogP contribution in [0.25, 0.3) is 6.08 Å². The van der Waals surface area contributed by atoms with E-state index in [0.717, 1.165) is 16.8 Å². The van der Waals surface area contributed by atoms with Crippen LogP contribution in [0.5, 0.6) is 5.75 Å². The van der Waals surface area contributed by atoms with Crippen molar-refractivity contribution in [3.05, 3.63) is 90.2 Å². The number of hydrogen-bond acceptors (Lipinski definition) is 5. The summed E-state index contributed by atoms with van der Waals surface area (Å²) in [5.41, 5.74) is 8.41. The third-order valence-corrected chi connectivity index (χ3v) is 6.37. The van der Waals surface area contributed by atoms with E-state index in [2.05, 4.69) is 6.58 Å². The van der Waals surface area contributed by atoms with E-state index < -0.39 is 5.54 Å². The second kappa shape index (κ2) is 9.66. The van der Waals surface area contributed by atoms with E-state index in [4.69, 9.17) is 15.5 Å². The summed E-state index contributed by atoms with van der Waals surface area (Å²) in [4.78, 5) is 23.2. The van der Waals surface area contributed by atoms with Crippen molar-refractivity contribution in [2.45, 2.75) is 18.9 Å². The quantitative estimate of drug-likeness (QED) is 0.631. The Morgan fingerprint density at radius 1 is 1.26 bits per heavy atom. The van der Waals surface area contributed by atoms with Gasteiger partial charge in [-0.05, 0) is 54.8 Å². The number of carbonyl (C=O) groups excluding carboxylic acids is 1. The smallest absolute Gasteiger partial charge is 0.326 e. The number of benzene rings is 2. The number of amides is 2. The molecule has 2 N–H and O–H groups in total. The molecule has 0 aromatic heterocycles. The number of allylic oxidation sites excluding steroid dienone is 1. The topological polar surface area (TPSA) is 74.4 Å². The van der Waals surface area contributed by atoms with Gasteiger partial charge in [-0.2, -0.15) is 0 Å². The molecule has 1 unspecified atom stereocenters. The fourth-order valence-corrected chi connectivity index (χ4v) is 4.54. The average molecular weight is 476 g/mol. The molecule has 1 fully saturated rings. The summed E-state index contributed by atoms with van der Waals surface area (Å²) >= 11 is 0. The van der Waals surface area contributed by atoms with Crippen molar-refractivity contribution in [1.82, 2.24) is 9.80 Å². The van der Waals surface area contributed by atoms with Crippen LogP contribution in [0.2, 0.25) is 0 Å². The van der Waals surface area contributed by atoms with Gasteiger partial charge in [0.1, 0.15) is 17.4 Å². The van der Waals surface area contributed by atoms with E-state index >= 15 is 0 Å². The van der Waals surface area contributed by atoms with Gasteiger partial charge < -0.3 is 20.3 Å². The van der Waals surface area contributed by atoms with Crippen molar-refractivity contribution in [3.63, 3.8) is 0 Å². The first-order valence-corrected chi connectivity index (χ1v) is 11.4. The summed E-state index contributed by atoms with van der Waals surface area (Å²) in [6, 6.07) is 12.0. The standard InChI is InChI=1S/C27H30FN5O2/c1-5-32(17-19(2)29)23-12-6-20(16-24(23)35-4)7-13-25-30-18-27(21-8-10-22(28)11-9-21)14-15-31(3)26(34)33(25)27/h5-13,16-17H,1,14-15,18,29H2,2-4H3/b13-7+,19-17-. The molecule has 2 aliphatic rings. The average Bonchev–Trinajstić information content (AvgIpc) is 3.24. The number of rotatable bonds is 7. The Morgan fingerprint density at radius 3 is 2.66 bits per heavy atom. The lowest BCUT2D eigenvalue weighted by molar-refractivity contribution is 0.106. The highest BCUT2D eigenvalue weighted by atomic mass is 19.1. The van der Waals surface area contributed by atoms with Gasteiger partial charge in [-0.1, -0.05) is 30.9 Å². The molecule has 2 aliphatic heterocycles. The number of aliphatic imine (C=N–C) groups is 1. The fourth-order valence-electron chi connectivity index (χ4n) is 4.54. The van der Waals surface area contributed by atoms with Crippen molar-refractivity contribution >= 4 is 23.6 Å². The fraction of sp³-hybridized carbons (Fsp3) is 0.259. The number of methoxy groups -OCH3 is 1. The minimum atomic E-state index is -0.616. The highest BCUT2D eigenvalue weighted by Crippen LogP contribution is 2.41. The minimum Gasteiger partial charge on any atom is -0.495 e. The first-order chi connectivity index (χ1) is 16.8. The summed E-state index contributed by atoms with van der Waals surface area (Å²) in [5, 5.41) is 0. The Hall–Kier alpha value is -4.07. The molecule has 2 amide bonds. The van der Waals surface area contributed by atoms with Gasteiger partial charge in [0.2, 0.25) is 0 Å². The lowest BCUT2D eigenvalue weighted by Crippen LogP contribution is -2.59. The normalized spacial score (nSPS) is 20.2. The van der Waals surface area contributed by atoms with Gasteiger partial charge >= 0.3 is 6.03 Å². The molecule has 0 aliphatic carbocycles. The molecule has 7 nitrogen and oxygen atoms in total. The van der Waals surface area contributed by atoms with Crippen LogP contribution in [-0.4, -0.2) is 48.9 Å². The van der Waals surface area contributed by atoms with Crippen molar-refractivity contribution in [2.75, 3.05) is 32.1 Å². The Kier molecular flexibility index (Phi) is 6.64. The van der Waals surface area contributed by atoms with Crippen LogP contribution in [0.4, 0.5) is 14.9 Å². The molecule has 0 bridgehead atoms. The Labute approximate surface area is 205 Å². The number of halogens is 1. The third-order valence-electron chi connectivity index (χ3n) is 6.37. The molecule has 2 aromatic carbocycles. The van der Waals surface area contributed by atoms with Gasteiger partial charge in [0.25, 0.3) is 0 Å². The molecule has 0 radical (unpaired) electrons. The number of carbonyl (C=O) groups is 1. The maximum Gasteiger partial charge on any atom is 0.326 e. The molecule has 1 atom stereocenters. The van der Waals surface area contributed by atoms with Gasteiger partial charge in [0.05, 0.1) is 24.9 Å². The Bertz CT molecular complexity index is 1220. The minimum absolute atomic E-state index is 0.125. The van der Waals surface area contributed by atoms with Crippen LogP contribution in [0.3, 0.4) is 0 Å². The molecule has 35 heavy (non-hydrogen) atoms. The first kappa shape index (κ1) is 24.1. The van der Waals surface area contributed by atoms with Crippen LogP contribution in [0.15, 0.2) is 78.2 Å². The van der Waals surface area contributed by atoms with E-state index in [1.165, 1.54) is 12.1 Å². The highest BCUT2D eigenvalue weighted by Gasteiger charge is 2.50. The number of amidine groups is 1. The first-order valence-electron chi connectivity index (χ1n) is 11.4. The van der Waals surface area contributed by atoms with Gasteiger partial charge in [0.15, 0.2) is 0 Å². The second-order valence-corrected chi connectivity index (χ2v) is 8.73. The molecular weight excluding hydrogens is 445 g/mol. The number of anilines is 1. The molecular formula is C27H30FN5O2. The number of urea groups is 1. The molecule has 182 valence electrons. The third kappa shape index (κ3) is 4.51. The maximum absolute atomic E-state index is 13.6. The van der Waals surface area contributed by atoms with Crippen LogP contribution in [-0.2, 0) is 5.54 Å².